The molecule has 3 aromatic rings. The molecule has 0 aliphatic rings. The number of benzene rings is 1. The molecule has 0 aliphatic heterocycles. The third kappa shape index (κ3) is 3.04. The van der Waals surface area contributed by atoms with Gasteiger partial charge in [0, 0.05) is 19.0 Å². The highest BCUT2D eigenvalue weighted by Gasteiger charge is 2.31. The van der Waals surface area contributed by atoms with Crippen molar-refractivity contribution in [1.29, 1.82) is 0 Å². The van der Waals surface area contributed by atoms with E-state index < -0.39 is 23.5 Å². The Morgan fingerprint density at radius 1 is 1.35 bits per heavy atom. The van der Waals surface area contributed by atoms with E-state index in [1.54, 1.807) is 18.9 Å². The highest BCUT2D eigenvalue weighted by Crippen LogP contribution is 2.34. The monoisotopic (exact) mass is 365 g/mol. The van der Waals surface area contributed by atoms with Crippen molar-refractivity contribution in [2.45, 2.75) is 26.1 Å². The van der Waals surface area contributed by atoms with Crippen LogP contribution in [-0.2, 0) is 6.18 Å². The minimum Gasteiger partial charge on any atom is -0.359 e. The zero-order valence-corrected chi connectivity index (χ0v) is 14.5. The number of hydrogen-bond donors (Lipinski definition) is 1. The molecule has 9 heteroatoms. The zero-order chi connectivity index (χ0) is 19.1. The van der Waals surface area contributed by atoms with Crippen molar-refractivity contribution >= 4 is 16.7 Å². The summed E-state index contributed by atoms with van der Waals surface area (Å²) in [5, 5.41) is 0.480. The predicted octanol–water partition coefficient (Wildman–Crippen LogP) is 3.20. The lowest BCUT2D eigenvalue weighted by Crippen LogP contribution is -2.30. The van der Waals surface area contributed by atoms with Crippen LogP contribution >= 0.6 is 0 Å². The molecule has 26 heavy (non-hydrogen) atoms. The van der Waals surface area contributed by atoms with Crippen molar-refractivity contribution in [3.8, 4) is 0 Å². The van der Waals surface area contributed by atoms with Gasteiger partial charge in [-0.15, -0.1) is 0 Å². The molecule has 2 aromatic heterocycles. The van der Waals surface area contributed by atoms with Crippen LogP contribution in [0.2, 0.25) is 0 Å². The van der Waals surface area contributed by atoms with E-state index in [2.05, 4.69) is 15.0 Å². The van der Waals surface area contributed by atoms with E-state index >= 15 is 0 Å². The number of anilines is 1. The number of nitrogens with zero attached hydrogens (tertiary/aromatic N) is 4. The Balaban J connectivity index is 2.36. The number of aromatic nitrogens is 4. The molecule has 0 radical (unpaired) electrons. The third-order valence-corrected chi connectivity index (χ3v) is 4.43. The van der Waals surface area contributed by atoms with E-state index in [1.807, 2.05) is 6.92 Å². The van der Waals surface area contributed by atoms with E-state index in [0.717, 1.165) is 12.1 Å². The molecule has 0 amide bonds. The Morgan fingerprint density at radius 2 is 2.08 bits per heavy atom. The summed E-state index contributed by atoms with van der Waals surface area (Å²) in [6, 6.07) is 2.82. The van der Waals surface area contributed by atoms with E-state index in [-0.39, 0.29) is 5.52 Å². The van der Waals surface area contributed by atoms with Crippen LogP contribution in [0.4, 0.5) is 19.0 Å². The Morgan fingerprint density at radius 3 is 2.65 bits per heavy atom. The summed E-state index contributed by atoms with van der Waals surface area (Å²) in [5.41, 5.74) is -0.651. The van der Waals surface area contributed by atoms with E-state index in [1.165, 1.54) is 23.2 Å². The molecule has 0 unspecified atom stereocenters. The van der Waals surface area contributed by atoms with Crippen LogP contribution in [0.25, 0.3) is 10.9 Å². The summed E-state index contributed by atoms with van der Waals surface area (Å²) in [4.78, 5) is 25.3. The van der Waals surface area contributed by atoms with Crippen molar-refractivity contribution in [2.24, 2.45) is 0 Å². The van der Waals surface area contributed by atoms with Crippen LogP contribution in [0.15, 0.2) is 35.5 Å². The van der Waals surface area contributed by atoms with Crippen LogP contribution in [-0.4, -0.2) is 33.1 Å². The lowest BCUT2D eigenvalue weighted by atomic mass is 10.1. The molecule has 138 valence electrons. The second-order valence-electron chi connectivity index (χ2n) is 6.01. The zero-order valence-electron chi connectivity index (χ0n) is 14.5. The molecular weight excluding hydrogens is 347 g/mol. The first-order valence-electron chi connectivity index (χ1n) is 8.07. The second-order valence-corrected chi connectivity index (χ2v) is 6.01. The number of aromatic amines is 1. The molecule has 3 rings (SSSR count). The SMILES string of the molecule is CCN(C)c1nc(=O)n([C@@H](C)c2cnc[nH]2)c2cc(C(F)(F)F)ccc12. The molecule has 2 heterocycles. The Bertz CT molecular complexity index is 978. The van der Waals surface area contributed by atoms with Crippen LogP contribution in [0.3, 0.4) is 0 Å². The van der Waals surface area contributed by atoms with Gasteiger partial charge in [-0.05, 0) is 32.0 Å². The Labute approximate surface area is 147 Å². The van der Waals surface area contributed by atoms with E-state index in [9.17, 15) is 18.0 Å². The minimum atomic E-state index is -4.51. The maximum atomic E-state index is 13.2. The number of alkyl halides is 3. The highest BCUT2D eigenvalue weighted by molar-refractivity contribution is 5.90. The first kappa shape index (κ1) is 18.0. The molecule has 0 spiro atoms. The number of halogens is 3. The fourth-order valence-corrected chi connectivity index (χ4v) is 2.85. The first-order valence-corrected chi connectivity index (χ1v) is 8.07. The molecule has 6 nitrogen and oxygen atoms in total. The number of fused-ring (bicyclic) bond motifs is 1. The van der Waals surface area contributed by atoms with Crippen LogP contribution in [0, 0.1) is 0 Å². The Hall–Kier alpha value is -2.84. The average Bonchev–Trinajstić information content (AvgIpc) is 3.13. The maximum absolute atomic E-state index is 13.2. The molecule has 1 atom stereocenters. The fourth-order valence-electron chi connectivity index (χ4n) is 2.85. The van der Waals surface area contributed by atoms with Crippen molar-refractivity contribution in [1.82, 2.24) is 19.5 Å². The van der Waals surface area contributed by atoms with Gasteiger partial charge >= 0.3 is 11.9 Å². The quantitative estimate of drug-likeness (QED) is 0.771. The number of rotatable bonds is 4. The fraction of sp³-hybridized carbons (Fsp3) is 0.353. The van der Waals surface area contributed by atoms with Gasteiger partial charge in [-0.25, -0.2) is 9.78 Å². The van der Waals surface area contributed by atoms with Crippen LogP contribution in [0.1, 0.15) is 31.1 Å². The summed E-state index contributed by atoms with van der Waals surface area (Å²) in [6.45, 7) is 4.14. The number of hydrogen-bond acceptors (Lipinski definition) is 4. The lowest BCUT2D eigenvalue weighted by Gasteiger charge is -2.22. The summed E-state index contributed by atoms with van der Waals surface area (Å²) >= 11 is 0. The summed E-state index contributed by atoms with van der Waals surface area (Å²) < 4.78 is 40.9. The maximum Gasteiger partial charge on any atom is 0.416 e. The smallest absolute Gasteiger partial charge is 0.359 e. The van der Waals surface area contributed by atoms with Crippen molar-refractivity contribution in [3.05, 3.63) is 52.5 Å². The topological polar surface area (TPSA) is 66.8 Å². The van der Waals surface area contributed by atoms with Gasteiger partial charge in [-0.2, -0.15) is 18.2 Å². The molecule has 0 bridgehead atoms. The summed E-state index contributed by atoms with van der Waals surface area (Å²) in [6.07, 6.45) is -1.53. The predicted molar refractivity (Wildman–Crippen MR) is 92.3 cm³/mol. The largest absolute Gasteiger partial charge is 0.416 e. The number of imidazole rings is 1. The van der Waals surface area contributed by atoms with E-state index in [4.69, 9.17) is 0 Å². The Kier molecular flexibility index (Phi) is 4.47. The lowest BCUT2D eigenvalue weighted by molar-refractivity contribution is -0.137. The normalized spacial score (nSPS) is 13.2. The van der Waals surface area contributed by atoms with Crippen LogP contribution < -0.4 is 10.6 Å². The van der Waals surface area contributed by atoms with Gasteiger partial charge in [-0.1, -0.05) is 0 Å². The van der Waals surface area contributed by atoms with Gasteiger partial charge in [-0.3, -0.25) is 4.57 Å². The third-order valence-electron chi connectivity index (χ3n) is 4.43. The summed E-state index contributed by atoms with van der Waals surface area (Å²) in [5.74, 6) is 0.356. The average molecular weight is 365 g/mol. The van der Waals surface area contributed by atoms with Gasteiger partial charge in [0.25, 0.3) is 0 Å². The molecule has 0 aliphatic carbocycles. The molecule has 0 fully saturated rings. The molecular formula is C17H18F3N5O. The molecule has 1 N–H and O–H groups in total. The highest BCUT2D eigenvalue weighted by atomic mass is 19.4. The van der Waals surface area contributed by atoms with Gasteiger partial charge in [0.05, 0.1) is 35.3 Å². The van der Waals surface area contributed by atoms with Crippen molar-refractivity contribution in [2.75, 3.05) is 18.5 Å². The number of nitrogens with one attached hydrogen (secondary N) is 1. The molecule has 0 saturated heterocycles. The van der Waals surface area contributed by atoms with Gasteiger partial charge in [0.2, 0.25) is 0 Å². The van der Waals surface area contributed by atoms with Crippen LogP contribution in [0.5, 0.6) is 0 Å². The van der Waals surface area contributed by atoms with Gasteiger partial charge in [0.1, 0.15) is 5.82 Å². The van der Waals surface area contributed by atoms with E-state index in [0.29, 0.717) is 23.4 Å². The summed E-state index contributed by atoms with van der Waals surface area (Å²) in [7, 11) is 1.74. The number of H-pyrrole nitrogens is 1. The minimum absolute atomic E-state index is 0.178. The first-order chi connectivity index (χ1) is 12.2. The standard InChI is InChI=1S/C17H18F3N5O/c1-4-24(3)15-12-6-5-11(17(18,19)20)7-14(12)25(16(26)23-15)10(2)13-8-21-9-22-13/h5-10H,4H2,1-3H3,(H,21,22)/t10-/m0/s1. The van der Waals surface area contributed by atoms with Crippen molar-refractivity contribution in [3.63, 3.8) is 0 Å². The van der Waals surface area contributed by atoms with Gasteiger partial charge in [0.15, 0.2) is 0 Å². The second kappa shape index (κ2) is 6.47. The van der Waals surface area contributed by atoms with Gasteiger partial charge < -0.3 is 9.88 Å². The molecule has 0 saturated carbocycles. The molecule has 1 aromatic carbocycles. The van der Waals surface area contributed by atoms with Crippen molar-refractivity contribution < 1.29 is 13.2 Å².